The molecule has 84 valence electrons. The van der Waals surface area contributed by atoms with Gasteiger partial charge in [0.05, 0.1) is 6.54 Å². The van der Waals surface area contributed by atoms with E-state index >= 15 is 0 Å². The number of aliphatic hydroxyl groups is 1. The van der Waals surface area contributed by atoms with Crippen LogP contribution in [0.25, 0.3) is 0 Å². The lowest BCUT2D eigenvalue weighted by Gasteiger charge is -2.11. The minimum Gasteiger partial charge on any atom is -0.386 e. The molecule has 0 aliphatic rings. The van der Waals surface area contributed by atoms with Crippen LogP contribution in [0, 0.1) is 0 Å². The Morgan fingerprint density at radius 1 is 1.43 bits per heavy atom. The molecule has 0 aromatic carbocycles. The highest BCUT2D eigenvalue weighted by Gasteiger charge is 2.16. The molecule has 3 N–H and O–H groups in total. The second kappa shape index (κ2) is 6.67. The standard InChI is InChI=1S/C8H16F2N2O2/c1-5(2)12-7(14)4-11-3-6(13)8(9)10/h5-6,8,11,13H,3-4H2,1-2H3,(H,12,14). The Morgan fingerprint density at radius 2 is 2.00 bits per heavy atom. The molecule has 1 unspecified atom stereocenters. The predicted octanol–water partition coefficient (Wildman–Crippen LogP) is -0.273. The smallest absolute Gasteiger partial charge is 0.265 e. The number of aliphatic hydroxyl groups excluding tert-OH is 1. The van der Waals surface area contributed by atoms with Crippen LogP contribution < -0.4 is 10.6 Å². The Labute approximate surface area is 81.7 Å². The summed E-state index contributed by atoms with van der Waals surface area (Å²) in [5.41, 5.74) is 0. The zero-order valence-electron chi connectivity index (χ0n) is 8.26. The van der Waals surface area contributed by atoms with Gasteiger partial charge < -0.3 is 15.7 Å². The van der Waals surface area contributed by atoms with Crippen molar-refractivity contribution in [2.45, 2.75) is 32.4 Å². The highest BCUT2D eigenvalue weighted by atomic mass is 19.3. The lowest BCUT2D eigenvalue weighted by Crippen LogP contribution is -2.41. The van der Waals surface area contributed by atoms with Gasteiger partial charge >= 0.3 is 0 Å². The summed E-state index contributed by atoms with van der Waals surface area (Å²) < 4.78 is 23.5. The number of carbonyl (C=O) groups is 1. The van der Waals surface area contributed by atoms with Gasteiger partial charge in [0.15, 0.2) is 0 Å². The second-order valence-corrected chi connectivity index (χ2v) is 3.25. The molecule has 0 fully saturated rings. The average molecular weight is 210 g/mol. The number of carbonyl (C=O) groups excluding carboxylic acids is 1. The fourth-order valence-corrected chi connectivity index (χ4v) is 0.796. The van der Waals surface area contributed by atoms with Crippen LogP contribution in [0.1, 0.15) is 13.8 Å². The Morgan fingerprint density at radius 3 is 2.43 bits per heavy atom. The second-order valence-electron chi connectivity index (χ2n) is 3.25. The van der Waals surface area contributed by atoms with E-state index in [1.54, 1.807) is 13.8 Å². The Bertz CT molecular complexity index is 177. The van der Waals surface area contributed by atoms with E-state index in [1.807, 2.05) is 0 Å². The fourth-order valence-electron chi connectivity index (χ4n) is 0.796. The highest BCUT2D eigenvalue weighted by Crippen LogP contribution is 1.97. The van der Waals surface area contributed by atoms with E-state index < -0.39 is 12.5 Å². The molecule has 14 heavy (non-hydrogen) atoms. The van der Waals surface area contributed by atoms with Crippen LogP contribution in [0.5, 0.6) is 0 Å². The minimum absolute atomic E-state index is 0.0179. The predicted molar refractivity (Wildman–Crippen MR) is 48.2 cm³/mol. The maximum Gasteiger partial charge on any atom is 0.265 e. The van der Waals surface area contributed by atoms with Crippen LogP contribution in [0.15, 0.2) is 0 Å². The van der Waals surface area contributed by atoms with Crippen LogP contribution in [0.3, 0.4) is 0 Å². The molecule has 0 aliphatic heterocycles. The van der Waals surface area contributed by atoms with Crippen molar-refractivity contribution in [3.8, 4) is 0 Å². The van der Waals surface area contributed by atoms with Crippen molar-refractivity contribution >= 4 is 5.91 Å². The van der Waals surface area contributed by atoms with E-state index in [4.69, 9.17) is 5.11 Å². The largest absolute Gasteiger partial charge is 0.386 e. The molecule has 0 aromatic rings. The van der Waals surface area contributed by atoms with Gasteiger partial charge in [0.25, 0.3) is 6.43 Å². The quantitative estimate of drug-likeness (QED) is 0.565. The van der Waals surface area contributed by atoms with E-state index in [2.05, 4.69) is 10.6 Å². The van der Waals surface area contributed by atoms with Crippen LogP contribution >= 0.6 is 0 Å². The third-order valence-corrected chi connectivity index (χ3v) is 1.38. The summed E-state index contributed by atoms with van der Waals surface area (Å²) in [6, 6.07) is 0.0179. The first-order chi connectivity index (χ1) is 6.43. The zero-order valence-corrected chi connectivity index (χ0v) is 8.26. The highest BCUT2D eigenvalue weighted by molar-refractivity contribution is 5.78. The molecule has 0 bridgehead atoms. The topological polar surface area (TPSA) is 61.4 Å². The molecule has 6 heteroatoms. The number of nitrogens with one attached hydrogen (secondary N) is 2. The molecule has 0 aromatic heterocycles. The van der Waals surface area contributed by atoms with E-state index in [9.17, 15) is 13.6 Å². The van der Waals surface area contributed by atoms with Gasteiger partial charge in [-0.15, -0.1) is 0 Å². The minimum atomic E-state index is -2.78. The number of rotatable bonds is 6. The van der Waals surface area contributed by atoms with Crippen molar-refractivity contribution in [2.75, 3.05) is 13.1 Å². The molecule has 0 saturated heterocycles. The molecule has 0 rings (SSSR count). The van der Waals surface area contributed by atoms with Crippen molar-refractivity contribution in [1.29, 1.82) is 0 Å². The molecule has 0 aliphatic carbocycles. The number of amides is 1. The Hall–Kier alpha value is -0.750. The summed E-state index contributed by atoms with van der Waals surface area (Å²) in [4.78, 5) is 11.0. The molecule has 0 radical (unpaired) electrons. The normalized spacial score (nSPS) is 13.4. The summed E-state index contributed by atoms with van der Waals surface area (Å²) in [6.07, 6.45) is -4.50. The zero-order chi connectivity index (χ0) is 11.1. The fraction of sp³-hybridized carbons (Fsp3) is 0.875. The number of halogens is 2. The summed E-state index contributed by atoms with van der Waals surface area (Å²) in [5, 5.41) is 13.7. The number of hydrogen-bond donors (Lipinski definition) is 3. The molecule has 0 saturated carbocycles. The molecule has 1 amide bonds. The first-order valence-electron chi connectivity index (χ1n) is 4.39. The Kier molecular flexibility index (Phi) is 6.31. The van der Waals surface area contributed by atoms with E-state index in [0.717, 1.165) is 0 Å². The van der Waals surface area contributed by atoms with Crippen LogP contribution in [-0.2, 0) is 4.79 Å². The summed E-state index contributed by atoms with van der Waals surface area (Å²) >= 11 is 0. The van der Waals surface area contributed by atoms with E-state index in [-0.39, 0.29) is 25.0 Å². The van der Waals surface area contributed by atoms with Crippen molar-refractivity contribution in [3.63, 3.8) is 0 Å². The third-order valence-electron chi connectivity index (χ3n) is 1.38. The first-order valence-corrected chi connectivity index (χ1v) is 4.39. The first kappa shape index (κ1) is 13.2. The van der Waals surface area contributed by atoms with Gasteiger partial charge in [-0.3, -0.25) is 4.79 Å². The van der Waals surface area contributed by atoms with Gasteiger partial charge in [-0.05, 0) is 13.8 Å². The molecule has 1 atom stereocenters. The molecular weight excluding hydrogens is 194 g/mol. The number of hydrogen-bond acceptors (Lipinski definition) is 3. The number of alkyl halides is 2. The average Bonchev–Trinajstić information content (AvgIpc) is 2.02. The van der Waals surface area contributed by atoms with Crippen molar-refractivity contribution in [2.24, 2.45) is 0 Å². The van der Waals surface area contributed by atoms with Gasteiger partial charge in [-0.1, -0.05) is 0 Å². The lowest BCUT2D eigenvalue weighted by atomic mass is 10.3. The summed E-state index contributed by atoms with van der Waals surface area (Å²) in [5.74, 6) is -0.276. The molecular formula is C8H16F2N2O2. The van der Waals surface area contributed by atoms with Gasteiger partial charge in [-0.2, -0.15) is 0 Å². The Balaban J connectivity index is 3.49. The van der Waals surface area contributed by atoms with Crippen molar-refractivity contribution < 1.29 is 18.7 Å². The SMILES string of the molecule is CC(C)NC(=O)CNCC(O)C(F)F. The van der Waals surface area contributed by atoms with Crippen molar-refractivity contribution in [3.05, 3.63) is 0 Å². The van der Waals surface area contributed by atoms with Gasteiger partial charge in [-0.25, -0.2) is 8.78 Å². The van der Waals surface area contributed by atoms with Gasteiger partial charge in [0.1, 0.15) is 6.10 Å². The van der Waals surface area contributed by atoms with Crippen LogP contribution in [-0.4, -0.2) is 42.7 Å². The third kappa shape index (κ3) is 6.73. The maximum absolute atomic E-state index is 11.8. The van der Waals surface area contributed by atoms with E-state index in [0.29, 0.717) is 0 Å². The monoisotopic (exact) mass is 210 g/mol. The molecule has 0 spiro atoms. The summed E-state index contributed by atoms with van der Waals surface area (Å²) in [7, 11) is 0. The summed E-state index contributed by atoms with van der Waals surface area (Å²) in [6.45, 7) is 3.24. The lowest BCUT2D eigenvalue weighted by molar-refractivity contribution is -0.120. The van der Waals surface area contributed by atoms with Gasteiger partial charge in [0, 0.05) is 12.6 Å². The van der Waals surface area contributed by atoms with Crippen LogP contribution in [0.4, 0.5) is 8.78 Å². The van der Waals surface area contributed by atoms with Gasteiger partial charge in [0.2, 0.25) is 5.91 Å². The molecule has 0 heterocycles. The maximum atomic E-state index is 11.8. The molecule has 4 nitrogen and oxygen atoms in total. The van der Waals surface area contributed by atoms with E-state index in [1.165, 1.54) is 0 Å². The van der Waals surface area contributed by atoms with Crippen molar-refractivity contribution in [1.82, 2.24) is 10.6 Å². The van der Waals surface area contributed by atoms with Crippen LogP contribution in [0.2, 0.25) is 0 Å².